The van der Waals surface area contributed by atoms with E-state index in [1.54, 1.807) is 43.1 Å². The first-order valence-electron chi connectivity index (χ1n) is 9.51. The van der Waals surface area contributed by atoms with Crippen molar-refractivity contribution in [2.45, 2.75) is 39.1 Å². The number of pyridine rings is 2. The Kier molecular flexibility index (Phi) is 6.74. The van der Waals surface area contributed by atoms with E-state index in [-0.39, 0.29) is 31.2 Å². The molecule has 2 N–H and O–H groups in total. The van der Waals surface area contributed by atoms with Crippen LogP contribution in [0.4, 0.5) is 13.2 Å². The van der Waals surface area contributed by atoms with E-state index in [2.05, 4.69) is 20.4 Å². The molecule has 0 unspecified atom stereocenters. The number of hydrogen-bond donors (Lipinski definition) is 2. The van der Waals surface area contributed by atoms with Gasteiger partial charge in [-0.15, -0.1) is 0 Å². The summed E-state index contributed by atoms with van der Waals surface area (Å²) in [7, 11) is 0. The molecule has 0 radical (unpaired) electrons. The van der Waals surface area contributed by atoms with Crippen molar-refractivity contribution in [1.82, 2.24) is 25.1 Å². The molecule has 3 rings (SSSR count). The molecule has 1 atom stereocenters. The largest absolute Gasteiger partial charge is 0.482 e. The fourth-order valence-electron chi connectivity index (χ4n) is 2.91. The van der Waals surface area contributed by atoms with Crippen LogP contribution < -0.4 is 10.1 Å². The molecule has 0 saturated carbocycles. The Hall–Kier alpha value is -3.21. The summed E-state index contributed by atoms with van der Waals surface area (Å²) in [6.45, 7) is 2.28. The second kappa shape index (κ2) is 9.29. The molecule has 0 spiro atoms. The number of alkyl halides is 3. The molecule has 3 aromatic rings. The maximum absolute atomic E-state index is 12.3. The SMILES string of the molecule is Cc1cc(Cn2cc3c(CC(=O)NC[C@H](C)O)nccc3n2)ncc1OCC(F)(F)F. The van der Waals surface area contributed by atoms with Crippen molar-refractivity contribution in [3.05, 3.63) is 47.7 Å². The fourth-order valence-corrected chi connectivity index (χ4v) is 2.91. The van der Waals surface area contributed by atoms with Gasteiger partial charge in [0, 0.05) is 24.3 Å². The lowest BCUT2D eigenvalue weighted by Crippen LogP contribution is -2.31. The highest BCUT2D eigenvalue weighted by atomic mass is 19.4. The van der Waals surface area contributed by atoms with Crippen LogP contribution in [-0.2, 0) is 17.8 Å². The van der Waals surface area contributed by atoms with Crippen molar-refractivity contribution < 1.29 is 27.8 Å². The Bertz CT molecular complexity index is 1070. The number of nitrogens with zero attached hydrogens (tertiary/aromatic N) is 4. The summed E-state index contributed by atoms with van der Waals surface area (Å²) >= 11 is 0. The number of aryl methyl sites for hydroxylation is 1. The van der Waals surface area contributed by atoms with Crippen LogP contribution in [0.25, 0.3) is 10.9 Å². The first-order valence-corrected chi connectivity index (χ1v) is 9.51. The number of rotatable bonds is 8. The summed E-state index contributed by atoms with van der Waals surface area (Å²) in [5.41, 5.74) is 2.32. The highest BCUT2D eigenvalue weighted by molar-refractivity contribution is 5.86. The third kappa shape index (κ3) is 6.38. The van der Waals surface area contributed by atoms with Crippen molar-refractivity contribution in [3.8, 4) is 5.75 Å². The molecule has 3 aromatic heterocycles. The van der Waals surface area contributed by atoms with Crippen LogP contribution in [0.3, 0.4) is 0 Å². The van der Waals surface area contributed by atoms with Crippen LogP contribution in [0.15, 0.2) is 30.7 Å². The van der Waals surface area contributed by atoms with Crippen LogP contribution in [-0.4, -0.2) is 56.2 Å². The number of carbonyl (C=O) groups is 1. The van der Waals surface area contributed by atoms with Crippen molar-refractivity contribution in [2.75, 3.05) is 13.2 Å². The Morgan fingerprint density at radius 2 is 2.13 bits per heavy atom. The fraction of sp³-hybridized carbons (Fsp3) is 0.400. The van der Waals surface area contributed by atoms with Crippen LogP contribution in [0.5, 0.6) is 5.75 Å². The van der Waals surface area contributed by atoms with E-state index in [0.717, 1.165) is 0 Å². The summed E-state index contributed by atoms with van der Waals surface area (Å²) in [6, 6.07) is 3.36. The molecule has 0 bridgehead atoms. The number of nitrogens with one attached hydrogen (secondary N) is 1. The van der Waals surface area contributed by atoms with E-state index in [1.807, 2.05) is 0 Å². The summed E-state index contributed by atoms with van der Waals surface area (Å²) in [6.07, 6.45) is -0.454. The minimum Gasteiger partial charge on any atom is -0.482 e. The van der Waals surface area contributed by atoms with E-state index >= 15 is 0 Å². The topological polar surface area (TPSA) is 102 Å². The third-order valence-corrected chi connectivity index (χ3v) is 4.32. The van der Waals surface area contributed by atoms with Crippen molar-refractivity contribution >= 4 is 16.8 Å². The third-order valence-electron chi connectivity index (χ3n) is 4.32. The lowest BCUT2D eigenvalue weighted by atomic mass is 10.2. The minimum absolute atomic E-state index is 0.0400. The van der Waals surface area contributed by atoms with Crippen molar-refractivity contribution in [2.24, 2.45) is 0 Å². The predicted molar refractivity (Wildman–Crippen MR) is 106 cm³/mol. The Balaban J connectivity index is 1.72. The average molecular weight is 437 g/mol. The molecule has 3 heterocycles. The van der Waals surface area contributed by atoms with Gasteiger partial charge in [-0.05, 0) is 31.5 Å². The summed E-state index contributed by atoms with van der Waals surface area (Å²) in [5, 5.41) is 17.1. The maximum Gasteiger partial charge on any atom is 0.422 e. The molecular weight excluding hydrogens is 415 g/mol. The van der Waals surface area contributed by atoms with Crippen LogP contribution in [0.1, 0.15) is 23.9 Å². The van der Waals surface area contributed by atoms with Gasteiger partial charge in [-0.3, -0.25) is 19.4 Å². The summed E-state index contributed by atoms with van der Waals surface area (Å²) < 4.78 is 43.4. The second-order valence-electron chi connectivity index (χ2n) is 7.19. The number of aliphatic hydroxyl groups excluding tert-OH is 1. The zero-order valence-electron chi connectivity index (χ0n) is 17.0. The minimum atomic E-state index is -4.42. The molecule has 0 aromatic carbocycles. The van der Waals surface area contributed by atoms with Gasteiger partial charge >= 0.3 is 6.18 Å². The van der Waals surface area contributed by atoms with E-state index in [4.69, 9.17) is 4.74 Å². The number of hydrogen-bond acceptors (Lipinski definition) is 6. The number of aliphatic hydroxyl groups is 1. The van der Waals surface area contributed by atoms with Crippen molar-refractivity contribution in [3.63, 3.8) is 0 Å². The van der Waals surface area contributed by atoms with Gasteiger partial charge in [-0.1, -0.05) is 0 Å². The standard InChI is InChI=1S/C20H22F3N5O3/c1-12-5-14(25-8-18(12)31-11-20(21,22)23)9-28-10-15-16(27-28)3-4-24-17(15)6-19(30)26-7-13(2)29/h3-5,8,10,13,29H,6-7,9,11H2,1-2H3,(H,26,30)/t13-/m0/s1. The van der Waals surface area contributed by atoms with Gasteiger partial charge in [-0.25, -0.2) is 0 Å². The molecule has 31 heavy (non-hydrogen) atoms. The quantitative estimate of drug-likeness (QED) is 0.560. The van der Waals surface area contributed by atoms with Crippen molar-refractivity contribution in [1.29, 1.82) is 0 Å². The number of fused-ring (bicyclic) bond motifs is 1. The molecule has 0 aliphatic heterocycles. The van der Waals surface area contributed by atoms with Gasteiger partial charge in [0.1, 0.15) is 5.75 Å². The number of halogens is 3. The molecule has 0 aliphatic rings. The number of aromatic nitrogens is 4. The molecule has 1 amide bonds. The lowest BCUT2D eigenvalue weighted by Gasteiger charge is -2.11. The molecule has 8 nitrogen and oxygen atoms in total. The lowest BCUT2D eigenvalue weighted by molar-refractivity contribution is -0.153. The summed E-state index contributed by atoms with van der Waals surface area (Å²) in [4.78, 5) is 20.5. The van der Waals surface area contributed by atoms with Gasteiger partial charge in [0.25, 0.3) is 0 Å². The van der Waals surface area contributed by atoms with E-state index < -0.39 is 18.9 Å². The van der Waals surface area contributed by atoms with Crippen LogP contribution in [0.2, 0.25) is 0 Å². The molecule has 0 saturated heterocycles. The first-order chi connectivity index (χ1) is 14.6. The zero-order valence-corrected chi connectivity index (χ0v) is 17.0. The Labute approximate surface area is 176 Å². The maximum atomic E-state index is 12.3. The van der Waals surface area contributed by atoms with Gasteiger partial charge < -0.3 is 15.2 Å². The second-order valence-corrected chi connectivity index (χ2v) is 7.19. The van der Waals surface area contributed by atoms with Gasteiger partial charge in [0.15, 0.2) is 6.61 Å². The molecular formula is C20H22F3N5O3. The number of ether oxygens (including phenoxy) is 1. The highest BCUT2D eigenvalue weighted by Crippen LogP contribution is 2.22. The predicted octanol–water partition coefficient (Wildman–Crippen LogP) is 2.16. The smallest absolute Gasteiger partial charge is 0.422 e. The normalized spacial score (nSPS) is 12.7. The highest BCUT2D eigenvalue weighted by Gasteiger charge is 2.28. The van der Waals surface area contributed by atoms with E-state index in [9.17, 15) is 23.1 Å². The van der Waals surface area contributed by atoms with Gasteiger partial charge in [-0.2, -0.15) is 18.3 Å². The average Bonchev–Trinajstić information content (AvgIpc) is 3.08. The molecule has 166 valence electrons. The zero-order chi connectivity index (χ0) is 22.6. The summed E-state index contributed by atoms with van der Waals surface area (Å²) in [5.74, 6) is -0.193. The Morgan fingerprint density at radius 1 is 1.35 bits per heavy atom. The molecule has 11 heteroatoms. The monoisotopic (exact) mass is 437 g/mol. The first kappa shape index (κ1) is 22.5. The van der Waals surface area contributed by atoms with Crippen LogP contribution >= 0.6 is 0 Å². The van der Waals surface area contributed by atoms with Crippen LogP contribution in [0, 0.1) is 6.92 Å². The number of amides is 1. The van der Waals surface area contributed by atoms with Gasteiger partial charge in [0.05, 0.1) is 42.2 Å². The Morgan fingerprint density at radius 3 is 2.81 bits per heavy atom. The molecule has 0 aliphatic carbocycles. The van der Waals surface area contributed by atoms with Gasteiger partial charge in [0.2, 0.25) is 5.91 Å². The van der Waals surface area contributed by atoms with E-state index in [0.29, 0.717) is 27.9 Å². The number of carbonyl (C=O) groups excluding carboxylic acids is 1. The van der Waals surface area contributed by atoms with E-state index in [1.165, 1.54) is 6.20 Å². The molecule has 0 fully saturated rings.